The molecule has 0 aromatic rings. The number of rotatable bonds is 64. The summed E-state index contributed by atoms with van der Waals surface area (Å²) in [6, 6.07) is 0. The van der Waals surface area contributed by atoms with Crippen LogP contribution < -0.4 is 0 Å². The van der Waals surface area contributed by atoms with Gasteiger partial charge in [0.2, 0.25) is 0 Å². The fraction of sp³-hybridized carbons (Fsp3) is 0.873. The van der Waals surface area contributed by atoms with Crippen molar-refractivity contribution in [1.29, 1.82) is 0 Å². The molecule has 0 N–H and O–H groups in total. The van der Waals surface area contributed by atoms with Crippen LogP contribution in [0.15, 0.2) is 36.5 Å². The lowest BCUT2D eigenvalue weighted by Gasteiger charge is -2.18. The van der Waals surface area contributed by atoms with E-state index in [2.05, 4.69) is 57.2 Å². The smallest absolute Gasteiger partial charge is 0.306 e. The molecule has 6 heteroatoms. The number of unbranched alkanes of at least 4 members (excludes halogenated alkanes) is 47. The van der Waals surface area contributed by atoms with E-state index in [-0.39, 0.29) is 31.1 Å². The van der Waals surface area contributed by atoms with Crippen molar-refractivity contribution in [1.82, 2.24) is 0 Å². The minimum Gasteiger partial charge on any atom is -0.462 e. The van der Waals surface area contributed by atoms with E-state index in [4.69, 9.17) is 14.2 Å². The van der Waals surface area contributed by atoms with Crippen LogP contribution in [0.4, 0.5) is 0 Å². The first-order valence-corrected chi connectivity index (χ1v) is 34.5. The van der Waals surface area contributed by atoms with Crippen molar-refractivity contribution < 1.29 is 28.6 Å². The third kappa shape index (κ3) is 64.3. The van der Waals surface area contributed by atoms with Gasteiger partial charge in [-0.1, -0.05) is 320 Å². The van der Waals surface area contributed by atoms with Gasteiger partial charge in [0.1, 0.15) is 13.2 Å². The van der Waals surface area contributed by atoms with Gasteiger partial charge in [0.25, 0.3) is 0 Å². The fourth-order valence-electron chi connectivity index (χ4n) is 10.4. The van der Waals surface area contributed by atoms with E-state index in [0.29, 0.717) is 19.3 Å². The highest BCUT2D eigenvalue weighted by molar-refractivity contribution is 5.71. The summed E-state index contributed by atoms with van der Waals surface area (Å²) >= 11 is 0. The molecule has 0 spiro atoms. The van der Waals surface area contributed by atoms with Crippen molar-refractivity contribution in [3.63, 3.8) is 0 Å². The quantitative estimate of drug-likeness (QED) is 0.0261. The summed E-state index contributed by atoms with van der Waals surface area (Å²) in [5, 5.41) is 0. The molecule has 0 aliphatic carbocycles. The maximum absolute atomic E-state index is 12.9. The Labute approximate surface area is 480 Å². The molecule has 1 atom stereocenters. The zero-order valence-electron chi connectivity index (χ0n) is 52.0. The molecule has 0 aromatic carbocycles. The predicted octanol–water partition coefficient (Wildman–Crippen LogP) is 23.6. The highest BCUT2D eigenvalue weighted by Crippen LogP contribution is 2.18. The van der Waals surface area contributed by atoms with Gasteiger partial charge >= 0.3 is 17.9 Å². The van der Waals surface area contributed by atoms with E-state index in [1.54, 1.807) is 0 Å². The Morgan fingerprint density at radius 2 is 0.468 bits per heavy atom. The van der Waals surface area contributed by atoms with Crippen molar-refractivity contribution in [2.45, 2.75) is 386 Å². The largest absolute Gasteiger partial charge is 0.462 e. The number of allylic oxidation sites excluding steroid dienone is 6. The monoisotopic (exact) mass is 1080 g/mol. The van der Waals surface area contributed by atoms with Crippen LogP contribution in [0, 0.1) is 0 Å². The lowest BCUT2D eigenvalue weighted by molar-refractivity contribution is -0.167. The van der Waals surface area contributed by atoms with Gasteiger partial charge < -0.3 is 14.2 Å². The van der Waals surface area contributed by atoms with Gasteiger partial charge in [-0.25, -0.2) is 0 Å². The zero-order chi connectivity index (χ0) is 55.7. The maximum atomic E-state index is 12.9. The fourth-order valence-corrected chi connectivity index (χ4v) is 10.4. The molecule has 0 bridgehead atoms. The second-order valence-corrected chi connectivity index (χ2v) is 23.4. The summed E-state index contributed by atoms with van der Waals surface area (Å²) in [4.78, 5) is 38.3. The Bertz CT molecular complexity index is 1290. The average Bonchev–Trinajstić information content (AvgIpc) is 3.43. The van der Waals surface area contributed by atoms with Gasteiger partial charge in [0, 0.05) is 19.3 Å². The number of hydrogen-bond donors (Lipinski definition) is 0. The Kier molecular flexibility index (Phi) is 64.1. The van der Waals surface area contributed by atoms with Gasteiger partial charge in [-0.05, 0) is 77.0 Å². The Morgan fingerprint density at radius 3 is 0.766 bits per heavy atom. The van der Waals surface area contributed by atoms with Crippen LogP contribution in [0.2, 0.25) is 0 Å². The molecule has 452 valence electrons. The predicted molar refractivity (Wildman–Crippen MR) is 335 cm³/mol. The topological polar surface area (TPSA) is 78.9 Å². The van der Waals surface area contributed by atoms with Crippen LogP contribution in [-0.2, 0) is 28.6 Å². The zero-order valence-corrected chi connectivity index (χ0v) is 52.0. The number of esters is 3. The van der Waals surface area contributed by atoms with Gasteiger partial charge in [-0.2, -0.15) is 0 Å². The van der Waals surface area contributed by atoms with Crippen LogP contribution in [-0.4, -0.2) is 37.2 Å². The molecule has 6 nitrogen and oxygen atoms in total. The molecule has 0 heterocycles. The summed E-state index contributed by atoms with van der Waals surface area (Å²) in [6.45, 7) is 6.65. The number of carbonyl (C=O) groups excluding carboxylic acids is 3. The standard InChI is InChI=1S/C71H132O6/c1-4-7-10-13-16-19-22-25-27-29-31-32-33-34-35-36-37-38-39-40-41-43-44-46-49-52-55-58-61-64-70(73)76-67-68(66-75-69(72)63-60-57-54-51-48-24-21-18-15-12-9-6-3)77-71(74)65-62-59-56-53-50-47-45-42-30-28-26-23-20-17-14-11-8-5-2/h18,20-21,23,28,30,68H,4-17,19,22,24-27,29,31-67H2,1-3H3/b21-18-,23-20-,30-28-. The van der Waals surface area contributed by atoms with Crippen molar-refractivity contribution in [3.8, 4) is 0 Å². The number of ether oxygens (including phenoxy) is 3. The van der Waals surface area contributed by atoms with Gasteiger partial charge in [-0.15, -0.1) is 0 Å². The van der Waals surface area contributed by atoms with Gasteiger partial charge in [-0.3, -0.25) is 14.4 Å². The van der Waals surface area contributed by atoms with Crippen LogP contribution in [0.3, 0.4) is 0 Å². The molecule has 1 unspecified atom stereocenters. The van der Waals surface area contributed by atoms with E-state index >= 15 is 0 Å². The molecule has 0 radical (unpaired) electrons. The second-order valence-electron chi connectivity index (χ2n) is 23.4. The maximum Gasteiger partial charge on any atom is 0.306 e. The average molecular weight is 1080 g/mol. The van der Waals surface area contributed by atoms with Crippen LogP contribution >= 0.6 is 0 Å². The van der Waals surface area contributed by atoms with E-state index < -0.39 is 6.10 Å². The molecule has 0 aliphatic heterocycles. The normalized spacial score (nSPS) is 12.2. The van der Waals surface area contributed by atoms with Crippen molar-refractivity contribution >= 4 is 17.9 Å². The van der Waals surface area contributed by atoms with Crippen LogP contribution in [0.1, 0.15) is 380 Å². The summed E-state index contributed by atoms with van der Waals surface area (Å²) < 4.78 is 16.9. The first kappa shape index (κ1) is 74.6. The van der Waals surface area contributed by atoms with Crippen LogP contribution in [0.5, 0.6) is 0 Å². The third-order valence-corrected chi connectivity index (χ3v) is 15.6. The number of carbonyl (C=O) groups is 3. The molecule has 0 fully saturated rings. The Hall–Kier alpha value is -2.37. The number of hydrogen-bond acceptors (Lipinski definition) is 6. The minimum atomic E-state index is -0.778. The van der Waals surface area contributed by atoms with E-state index in [1.165, 1.54) is 263 Å². The lowest BCUT2D eigenvalue weighted by atomic mass is 10.0. The first-order chi connectivity index (χ1) is 38.0. The van der Waals surface area contributed by atoms with Gasteiger partial charge in [0.05, 0.1) is 0 Å². The van der Waals surface area contributed by atoms with Gasteiger partial charge in [0.15, 0.2) is 6.10 Å². The summed E-state index contributed by atoms with van der Waals surface area (Å²) in [5.74, 6) is -0.868. The molecule has 0 aromatic heterocycles. The first-order valence-electron chi connectivity index (χ1n) is 34.5. The van der Waals surface area contributed by atoms with Crippen molar-refractivity contribution in [2.75, 3.05) is 13.2 Å². The molecule has 0 amide bonds. The van der Waals surface area contributed by atoms with Crippen molar-refractivity contribution in [3.05, 3.63) is 36.5 Å². The molecule has 77 heavy (non-hydrogen) atoms. The second kappa shape index (κ2) is 66.1. The lowest BCUT2D eigenvalue weighted by Crippen LogP contribution is -2.30. The third-order valence-electron chi connectivity index (χ3n) is 15.6. The molecule has 0 aliphatic rings. The van der Waals surface area contributed by atoms with Crippen LogP contribution in [0.25, 0.3) is 0 Å². The summed E-state index contributed by atoms with van der Waals surface area (Å²) in [6.07, 6.45) is 81.8. The Morgan fingerprint density at radius 1 is 0.260 bits per heavy atom. The molecular weight excluding hydrogens is 949 g/mol. The molecule has 0 rings (SSSR count). The minimum absolute atomic E-state index is 0.0739. The van der Waals surface area contributed by atoms with E-state index in [9.17, 15) is 14.4 Å². The highest BCUT2D eigenvalue weighted by Gasteiger charge is 2.19. The van der Waals surface area contributed by atoms with Crippen molar-refractivity contribution in [2.24, 2.45) is 0 Å². The SMILES string of the molecule is CCCCC/C=C\CCCCCCCC(=O)OCC(COC(=O)CCCCCCCCCCCCCCCCCCCCCCCCCCCCCCC)OC(=O)CCCCCCCCC/C=C\C/C=C\CCCCCC. The highest BCUT2D eigenvalue weighted by atomic mass is 16.6. The molecule has 0 saturated heterocycles. The summed E-state index contributed by atoms with van der Waals surface area (Å²) in [7, 11) is 0. The molecular formula is C71H132O6. The van der Waals surface area contributed by atoms with E-state index in [0.717, 1.165) is 77.0 Å². The molecule has 0 saturated carbocycles. The summed E-state index contributed by atoms with van der Waals surface area (Å²) in [5.41, 5.74) is 0. The van der Waals surface area contributed by atoms with E-state index in [1.807, 2.05) is 0 Å². The Balaban J connectivity index is 4.16.